The minimum absolute atomic E-state index is 0.305. The Morgan fingerprint density at radius 1 is 1.08 bits per heavy atom. The summed E-state index contributed by atoms with van der Waals surface area (Å²) in [5, 5.41) is 8.28. The number of benzene rings is 2. The molecule has 26 heavy (non-hydrogen) atoms. The molecule has 0 saturated carbocycles. The molecule has 0 atom stereocenters. The van der Waals surface area contributed by atoms with E-state index in [1.54, 1.807) is 11.6 Å². The highest BCUT2D eigenvalue weighted by Crippen LogP contribution is 2.32. The third kappa shape index (κ3) is 3.58. The van der Waals surface area contributed by atoms with Crippen LogP contribution in [0.15, 0.2) is 57.6 Å². The summed E-state index contributed by atoms with van der Waals surface area (Å²) in [7, 11) is 0. The summed E-state index contributed by atoms with van der Waals surface area (Å²) in [6.45, 7) is 0. The zero-order valence-corrected chi connectivity index (χ0v) is 14.7. The van der Waals surface area contributed by atoms with Crippen LogP contribution in [0.4, 0.5) is 13.2 Å². The second kappa shape index (κ2) is 6.73. The second-order valence-corrected chi connectivity index (χ2v) is 7.21. The van der Waals surface area contributed by atoms with Gasteiger partial charge in [-0.3, -0.25) is 0 Å². The summed E-state index contributed by atoms with van der Waals surface area (Å²) < 4.78 is 44.9. The van der Waals surface area contributed by atoms with E-state index in [0.29, 0.717) is 22.4 Å². The molecule has 0 fully saturated rings. The monoisotopic (exact) mass is 393 g/mol. The van der Waals surface area contributed by atoms with Crippen LogP contribution >= 0.6 is 23.1 Å². The molecule has 2 aromatic heterocycles. The number of fused-ring (bicyclic) bond motifs is 1. The fraction of sp³-hybridized carbons (Fsp3) is 0.118. The predicted molar refractivity (Wildman–Crippen MR) is 93.9 cm³/mol. The lowest BCUT2D eigenvalue weighted by Crippen LogP contribution is -2.04. The number of hydrogen-bond acceptors (Lipinski definition) is 6. The first-order chi connectivity index (χ1) is 12.5. The van der Waals surface area contributed by atoms with Gasteiger partial charge in [-0.2, -0.15) is 13.2 Å². The third-order valence-corrected chi connectivity index (χ3v) is 5.28. The van der Waals surface area contributed by atoms with Crippen molar-refractivity contribution in [2.45, 2.75) is 17.2 Å². The van der Waals surface area contributed by atoms with Gasteiger partial charge in [0.15, 0.2) is 0 Å². The second-order valence-electron chi connectivity index (χ2n) is 5.39. The lowest BCUT2D eigenvalue weighted by Gasteiger charge is -2.07. The van der Waals surface area contributed by atoms with Gasteiger partial charge >= 0.3 is 6.18 Å². The number of hydrogen-bond donors (Lipinski definition) is 0. The number of rotatable bonds is 4. The van der Waals surface area contributed by atoms with Crippen LogP contribution < -0.4 is 0 Å². The standard InChI is InChI=1S/C17H10F3N3OS2/c18-17(19,20)12-3-1-2-10(6-12)8-25-16-23-22-15(24-16)11-4-5-13-14(7-11)26-9-21-13/h1-7,9H,8H2. The van der Waals surface area contributed by atoms with Gasteiger partial charge in [-0.25, -0.2) is 4.98 Å². The van der Waals surface area contributed by atoms with E-state index < -0.39 is 11.7 Å². The fourth-order valence-electron chi connectivity index (χ4n) is 2.36. The molecule has 2 heterocycles. The van der Waals surface area contributed by atoms with Crippen molar-refractivity contribution in [1.82, 2.24) is 15.2 Å². The Bertz CT molecular complexity index is 1060. The number of aromatic nitrogens is 3. The smallest absolute Gasteiger partial charge is 0.411 e. The van der Waals surface area contributed by atoms with E-state index in [1.165, 1.54) is 29.2 Å². The zero-order chi connectivity index (χ0) is 18.1. The molecule has 2 aromatic carbocycles. The maximum Gasteiger partial charge on any atom is 0.416 e. The molecule has 0 aliphatic heterocycles. The Kier molecular flexibility index (Phi) is 4.41. The third-order valence-electron chi connectivity index (χ3n) is 3.60. The molecule has 4 nitrogen and oxygen atoms in total. The maximum absolute atomic E-state index is 12.8. The van der Waals surface area contributed by atoms with Gasteiger partial charge in [0, 0.05) is 11.3 Å². The van der Waals surface area contributed by atoms with Crippen LogP contribution in [-0.4, -0.2) is 15.2 Å². The number of nitrogens with zero attached hydrogens (tertiary/aromatic N) is 3. The van der Waals surface area contributed by atoms with E-state index in [2.05, 4.69) is 15.2 Å². The van der Waals surface area contributed by atoms with Crippen LogP contribution in [0.25, 0.3) is 21.7 Å². The Hall–Kier alpha value is -2.39. The van der Waals surface area contributed by atoms with Crippen LogP contribution in [0, 0.1) is 0 Å². The van der Waals surface area contributed by atoms with Crippen LogP contribution in [0.1, 0.15) is 11.1 Å². The number of halogens is 3. The molecular weight excluding hydrogens is 383 g/mol. The van der Waals surface area contributed by atoms with Gasteiger partial charge in [0.25, 0.3) is 5.22 Å². The van der Waals surface area contributed by atoms with Crippen LogP contribution in [0.3, 0.4) is 0 Å². The summed E-state index contributed by atoms with van der Waals surface area (Å²) >= 11 is 2.71. The van der Waals surface area contributed by atoms with Gasteiger partial charge in [0.2, 0.25) is 5.89 Å². The van der Waals surface area contributed by atoms with Crippen molar-refractivity contribution in [3.63, 3.8) is 0 Å². The van der Waals surface area contributed by atoms with E-state index in [4.69, 9.17) is 4.42 Å². The zero-order valence-electron chi connectivity index (χ0n) is 13.0. The van der Waals surface area contributed by atoms with Crippen molar-refractivity contribution in [3.8, 4) is 11.5 Å². The minimum atomic E-state index is -4.35. The van der Waals surface area contributed by atoms with Crippen molar-refractivity contribution < 1.29 is 17.6 Å². The molecular formula is C17H10F3N3OS2. The Balaban J connectivity index is 1.48. The molecule has 132 valence electrons. The van der Waals surface area contributed by atoms with Crippen molar-refractivity contribution >= 4 is 33.3 Å². The summed E-state index contributed by atoms with van der Waals surface area (Å²) in [6.07, 6.45) is -4.35. The summed E-state index contributed by atoms with van der Waals surface area (Å²) in [5.74, 6) is 0.672. The minimum Gasteiger partial charge on any atom is -0.411 e. The largest absolute Gasteiger partial charge is 0.416 e. The first-order valence-corrected chi connectivity index (χ1v) is 9.32. The van der Waals surface area contributed by atoms with Gasteiger partial charge in [-0.15, -0.1) is 21.5 Å². The number of alkyl halides is 3. The van der Waals surface area contributed by atoms with Gasteiger partial charge < -0.3 is 4.42 Å². The van der Waals surface area contributed by atoms with E-state index in [1.807, 2.05) is 18.2 Å². The molecule has 4 rings (SSSR count). The molecule has 0 unspecified atom stereocenters. The van der Waals surface area contributed by atoms with E-state index in [-0.39, 0.29) is 0 Å². The molecule has 9 heteroatoms. The summed E-state index contributed by atoms with van der Waals surface area (Å²) in [5.41, 5.74) is 3.31. The van der Waals surface area contributed by atoms with Crippen LogP contribution in [0.2, 0.25) is 0 Å². The number of thiazole rings is 1. The summed E-state index contributed by atoms with van der Waals surface area (Å²) in [4.78, 5) is 4.21. The predicted octanol–water partition coefficient (Wildman–Crippen LogP) is 5.66. The Morgan fingerprint density at radius 3 is 2.81 bits per heavy atom. The Morgan fingerprint density at radius 2 is 1.96 bits per heavy atom. The highest BCUT2D eigenvalue weighted by molar-refractivity contribution is 7.98. The van der Waals surface area contributed by atoms with Gasteiger partial charge in [-0.1, -0.05) is 30.0 Å². The summed E-state index contributed by atoms with van der Waals surface area (Å²) in [6, 6.07) is 10.8. The highest BCUT2D eigenvalue weighted by atomic mass is 32.2. The molecule has 4 aromatic rings. The van der Waals surface area contributed by atoms with Gasteiger partial charge in [0.1, 0.15) is 0 Å². The molecule has 0 radical (unpaired) electrons. The molecule has 0 spiro atoms. The van der Waals surface area contributed by atoms with Crippen LogP contribution in [0.5, 0.6) is 0 Å². The average Bonchev–Trinajstić information content (AvgIpc) is 3.28. The molecule has 0 aliphatic rings. The van der Waals surface area contributed by atoms with Crippen molar-refractivity contribution in [2.24, 2.45) is 0 Å². The normalized spacial score (nSPS) is 12.0. The topological polar surface area (TPSA) is 51.8 Å². The molecule has 0 aliphatic carbocycles. The highest BCUT2D eigenvalue weighted by Gasteiger charge is 2.30. The molecule has 0 amide bonds. The lowest BCUT2D eigenvalue weighted by molar-refractivity contribution is -0.137. The Labute approximate surface area is 154 Å². The van der Waals surface area contributed by atoms with Crippen molar-refractivity contribution in [1.29, 1.82) is 0 Å². The molecule has 0 N–H and O–H groups in total. The van der Waals surface area contributed by atoms with Gasteiger partial charge in [-0.05, 0) is 29.8 Å². The molecule has 0 bridgehead atoms. The van der Waals surface area contributed by atoms with Crippen LogP contribution in [-0.2, 0) is 11.9 Å². The fourth-order valence-corrected chi connectivity index (χ4v) is 3.78. The van der Waals surface area contributed by atoms with E-state index in [0.717, 1.165) is 27.9 Å². The lowest BCUT2D eigenvalue weighted by atomic mass is 10.1. The van der Waals surface area contributed by atoms with E-state index in [9.17, 15) is 13.2 Å². The maximum atomic E-state index is 12.8. The molecule has 0 saturated heterocycles. The van der Waals surface area contributed by atoms with Crippen molar-refractivity contribution in [2.75, 3.05) is 0 Å². The SMILES string of the molecule is FC(F)(F)c1cccc(CSc2nnc(-c3ccc4ncsc4c3)o2)c1. The van der Waals surface area contributed by atoms with Crippen molar-refractivity contribution in [3.05, 3.63) is 59.1 Å². The quantitative estimate of drug-likeness (QED) is 0.419. The van der Waals surface area contributed by atoms with E-state index >= 15 is 0 Å². The van der Waals surface area contributed by atoms with Gasteiger partial charge in [0.05, 0.1) is 21.3 Å². The first-order valence-electron chi connectivity index (χ1n) is 7.45. The average molecular weight is 393 g/mol. The first kappa shape index (κ1) is 17.0. The number of thioether (sulfide) groups is 1.